The van der Waals surface area contributed by atoms with Crippen LogP contribution in [-0.4, -0.2) is 34.5 Å². The second-order valence-electron chi connectivity index (χ2n) is 4.85. The summed E-state index contributed by atoms with van der Waals surface area (Å²) in [7, 11) is 0. The minimum atomic E-state index is -1.04. The fourth-order valence-electron chi connectivity index (χ4n) is 2.07. The van der Waals surface area contributed by atoms with Gasteiger partial charge in [0, 0.05) is 11.4 Å². The van der Waals surface area contributed by atoms with Gasteiger partial charge in [0.1, 0.15) is 12.1 Å². The molecule has 2 rings (SSSR count). The van der Waals surface area contributed by atoms with Crippen LogP contribution in [0.5, 0.6) is 0 Å². The molecule has 6 heteroatoms. The van der Waals surface area contributed by atoms with Crippen LogP contribution in [0.4, 0.5) is 0 Å². The molecule has 0 fully saturated rings. The lowest BCUT2D eigenvalue weighted by Crippen LogP contribution is -2.41. The number of carbonyl (C=O) groups is 2. The van der Waals surface area contributed by atoms with Crippen molar-refractivity contribution in [1.29, 1.82) is 0 Å². The second-order valence-corrected chi connectivity index (χ2v) is 5.71. The number of amides is 1. The number of carbonyl (C=O) groups excluding carboxylic acids is 1. The summed E-state index contributed by atoms with van der Waals surface area (Å²) < 4.78 is 6.34. The van der Waals surface area contributed by atoms with Gasteiger partial charge in [0.15, 0.2) is 5.76 Å². The Morgan fingerprint density at radius 2 is 2.14 bits per heavy atom. The van der Waals surface area contributed by atoms with Crippen LogP contribution in [-0.2, 0) is 4.79 Å². The molecule has 1 aromatic carbocycles. The third-order valence-corrected chi connectivity index (χ3v) is 4.02. The van der Waals surface area contributed by atoms with Gasteiger partial charge in [0.2, 0.25) is 0 Å². The lowest BCUT2D eigenvalue weighted by atomic mass is 10.2. The molecule has 1 aromatic heterocycles. The Morgan fingerprint density at radius 1 is 1.43 bits per heavy atom. The van der Waals surface area contributed by atoms with Crippen molar-refractivity contribution in [1.82, 2.24) is 4.90 Å². The summed E-state index contributed by atoms with van der Waals surface area (Å²) >= 11 is 3.37. The number of para-hydroxylation sites is 1. The molecule has 21 heavy (non-hydrogen) atoms. The van der Waals surface area contributed by atoms with Crippen LogP contribution >= 0.6 is 15.9 Å². The number of hydrogen-bond acceptors (Lipinski definition) is 3. The molecule has 1 amide bonds. The van der Waals surface area contributed by atoms with Gasteiger partial charge in [-0.05, 0) is 41.4 Å². The van der Waals surface area contributed by atoms with Crippen molar-refractivity contribution in [3.05, 3.63) is 34.5 Å². The van der Waals surface area contributed by atoms with Crippen molar-refractivity contribution in [2.24, 2.45) is 0 Å². The summed E-state index contributed by atoms with van der Waals surface area (Å²) in [6.45, 7) is 3.38. The van der Waals surface area contributed by atoms with Crippen molar-refractivity contribution in [3.8, 4) is 0 Å². The summed E-state index contributed by atoms with van der Waals surface area (Å²) in [5.74, 6) is -1.30. The number of nitrogens with zero attached hydrogens (tertiary/aromatic N) is 1. The maximum absolute atomic E-state index is 12.5. The predicted molar refractivity (Wildman–Crippen MR) is 82.3 cm³/mol. The minimum absolute atomic E-state index is 0.151. The lowest BCUT2D eigenvalue weighted by molar-refractivity contribution is -0.138. The monoisotopic (exact) mass is 353 g/mol. The zero-order valence-corrected chi connectivity index (χ0v) is 13.4. The molecule has 0 bridgehead atoms. The van der Waals surface area contributed by atoms with E-state index >= 15 is 0 Å². The van der Waals surface area contributed by atoms with Gasteiger partial charge < -0.3 is 14.4 Å². The number of halogens is 1. The molecule has 0 aliphatic heterocycles. The fraction of sp³-hybridized carbons (Fsp3) is 0.333. The highest BCUT2D eigenvalue weighted by Crippen LogP contribution is 2.27. The molecule has 1 N–H and O–H groups in total. The second kappa shape index (κ2) is 6.30. The van der Waals surface area contributed by atoms with Crippen molar-refractivity contribution in [2.75, 3.05) is 6.54 Å². The number of aliphatic carboxylic acids is 1. The van der Waals surface area contributed by atoms with Gasteiger partial charge in [-0.25, -0.2) is 0 Å². The third-order valence-electron chi connectivity index (χ3n) is 3.40. The number of rotatable bonds is 5. The normalized spacial score (nSPS) is 12.3. The molecule has 112 valence electrons. The number of fused-ring (bicyclic) bond motifs is 1. The minimum Gasteiger partial charge on any atom is -0.480 e. The van der Waals surface area contributed by atoms with E-state index in [1.165, 1.54) is 4.90 Å². The van der Waals surface area contributed by atoms with Gasteiger partial charge in [-0.2, -0.15) is 0 Å². The summed E-state index contributed by atoms with van der Waals surface area (Å²) in [5, 5.41) is 9.77. The van der Waals surface area contributed by atoms with Crippen LogP contribution < -0.4 is 0 Å². The maximum atomic E-state index is 12.5. The standard InChI is InChI=1S/C15H16BrNO4/c1-3-9(2)17(8-13(18)19)15(20)12-7-10-5-4-6-11(16)14(10)21-12/h4-7,9H,3,8H2,1-2H3,(H,18,19). The van der Waals surface area contributed by atoms with E-state index in [0.717, 1.165) is 9.86 Å². The van der Waals surface area contributed by atoms with E-state index in [-0.39, 0.29) is 18.3 Å². The lowest BCUT2D eigenvalue weighted by Gasteiger charge is -2.25. The van der Waals surface area contributed by atoms with E-state index in [2.05, 4.69) is 15.9 Å². The average Bonchev–Trinajstić information content (AvgIpc) is 2.88. The average molecular weight is 354 g/mol. The molecule has 1 unspecified atom stereocenters. The van der Waals surface area contributed by atoms with E-state index in [1.54, 1.807) is 6.07 Å². The van der Waals surface area contributed by atoms with Gasteiger partial charge in [0.05, 0.1) is 4.47 Å². The topological polar surface area (TPSA) is 70.8 Å². The van der Waals surface area contributed by atoms with Crippen LogP contribution in [0.25, 0.3) is 11.0 Å². The van der Waals surface area contributed by atoms with Gasteiger partial charge in [0.25, 0.3) is 5.91 Å². The Kier molecular flexibility index (Phi) is 4.67. The van der Waals surface area contributed by atoms with E-state index in [9.17, 15) is 9.59 Å². The summed E-state index contributed by atoms with van der Waals surface area (Å²) in [6.07, 6.45) is 0.670. The molecule has 2 aromatic rings. The van der Waals surface area contributed by atoms with Crippen LogP contribution in [0, 0.1) is 0 Å². The zero-order chi connectivity index (χ0) is 15.6. The van der Waals surface area contributed by atoms with Crippen LogP contribution in [0.15, 0.2) is 33.2 Å². The van der Waals surface area contributed by atoms with Crippen molar-refractivity contribution >= 4 is 38.8 Å². The van der Waals surface area contributed by atoms with Crippen LogP contribution in [0.1, 0.15) is 30.8 Å². The first kappa shape index (κ1) is 15.6. The Bertz CT molecular complexity index is 679. The SMILES string of the molecule is CCC(C)N(CC(=O)O)C(=O)c1cc2cccc(Br)c2o1. The summed E-state index contributed by atoms with van der Waals surface area (Å²) in [4.78, 5) is 24.8. The van der Waals surface area contributed by atoms with Gasteiger partial charge in [-0.3, -0.25) is 9.59 Å². The molecule has 5 nitrogen and oxygen atoms in total. The molecule has 0 radical (unpaired) electrons. The maximum Gasteiger partial charge on any atom is 0.323 e. The molecule has 0 saturated heterocycles. The largest absolute Gasteiger partial charge is 0.480 e. The highest BCUT2D eigenvalue weighted by atomic mass is 79.9. The molecular weight excluding hydrogens is 338 g/mol. The van der Waals surface area contributed by atoms with Crippen LogP contribution in [0.2, 0.25) is 0 Å². The van der Waals surface area contributed by atoms with Crippen molar-refractivity contribution in [3.63, 3.8) is 0 Å². The molecule has 1 atom stereocenters. The first-order chi connectivity index (χ1) is 9.93. The molecule has 0 spiro atoms. The Labute approximate surface area is 130 Å². The van der Waals surface area contributed by atoms with E-state index in [0.29, 0.717) is 12.0 Å². The fourth-order valence-corrected chi connectivity index (χ4v) is 2.53. The van der Waals surface area contributed by atoms with E-state index in [4.69, 9.17) is 9.52 Å². The molecular formula is C15H16BrNO4. The zero-order valence-electron chi connectivity index (χ0n) is 11.8. The number of benzene rings is 1. The van der Waals surface area contributed by atoms with E-state index < -0.39 is 11.9 Å². The van der Waals surface area contributed by atoms with Gasteiger partial charge in [-0.15, -0.1) is 0 Å². The summed E-state index contributed by atoms with van der Waals surface area (Å²) in [5.41, 5.74) is 0.584. The number of carboxylic acids is 1. The predicted octanol–water partition coefficient (Wildman–Crippen LogP) is 3.52. The Balaban J connectivity index is 2.38. The highest BCUT2D eigenvalue weighted by molar-refractivity contribution is 9.10. The molecule has 0 aliphatic carbocycles. The quantitative estimate of drug-likeness (QED) is 0.892. The third kappa shape index (κ3) is 3.26. The summed E-state index contributed by atoms with van der Waals surface area (Å²) in [6, 6.07) is 6.97. The van der Waals surface area contributed by atoms with Crippen LogP contribution in [0.3, 0.4) is 0 Å². The molecule has 1 heterocycles. The van der Waals surface area contributed by atoms with Gasteiger partial charge >= 0.3 is 5.97 Å². The van der Waals surface area contributed by atoms with E-state index in [1.807, 2.05) is 32.0 Å². The first-order valence-electron chi connectivity index (χ1n) is 6.64. The number of furan rings is 1. The number of hydrogen-bond donors (Lipinski definition) is 1. The Morgan fingerprint density at radius 3 is 2.71 bits per heavy atom. The highest BCUT2D eigenvalue weighted by Gasteiger charge is 2.25. The van der Waals surface area contributed by atoms with Crippen molar-refractivity contribution in [2.45, 2.75) is 26.3 Å². The Hall–Kier alpha value is -1.82. The molecule has 0 saturated carbocycles. The first-order valence-corrected chi connectivity index (χ1v) is 7.44. The number of carboxylic acid groups (broad SMARTS) is 1. The van der Waals surface area contributed by atoms with Gasteiger partial charge in [-0.1, -0.05) is 19.1 Å². The molecule has 0 aliphatic rings. The smallest absolute Gasteiger partial charge is 0.323 e. The van der Waals surface area contributed by atoms with Crippen molar-refractivity contribution < 1.29 is 19.1 Å².